The zero-order valence-corrected chi connectivity index (χ0v) is 14.2. The summed E-state index contributed by atoms with van der Waals surface area (Å²) in [6, 6.07) is 2.10. The van der Waals surface area contributed by atoms with Gasteiger partial charge in [0.2, 0.25) is 0 Å². The van der Waals surface area contributed by atoms with Crippen LogP contribution in [0.1, 0.15) is 49.2 Å². The summed E-state index contributed by atoms with van der Waals surface area (Å²) in [4.78, 5) is 30.9. The molecule has 0 spiro atoms. The Balaban J connectivity index is 1.71. The molecule has 0 aliphatic carbocycles. The number of likely N-dealkylation sites (tertiary alicyclic amines) is 1. The third-order valence-corrected chi connectivity index (χ3v) is 4.58. The summed E-state index contributed by atoms with van der Waals surface area (Å²) in [5.74, 6) is -0.711. The molecule has 2 atom stereocenters. The Morgan fingerprint density at radius 2 is 2.00 bits per heavy atom. The van der Waals surface area contributed by atoms with Gasteiger partial charge in [0.1, 0.15) is 5.56 Å². The minimum atomic E-state index is -0.563. The van der Waals surface area contributed by atoms with E-state index in [1.54, 1.807) is 25.4 Å². The largest absolute Gasteiger partial charge is 0.452 e. The number of aryl methyl sites for hydroxylation is 1. The van der Waals surface area contributed by atoms with Crippen molar-refractivity contribution in [1.29, 1.82) is 0 Å². The van der Waals surface area contributed by atoms with Crippen LogP contribution in [0.2, 0.25) is 0 Å². The number of rotatable bonds is 3. The molecule has 3 rings (SSSR count). The fourth-order valence-electron chi connectivity index (χ4n) is 3.42. The fraction of sp³-hybridized carbons (Fsp3) is 0.529. The van der Waals surface area contributed by atoms with Gasteiger partial charge in [-0.15, -0.1) is 0 Å². The summed E-state index contributed by atoms with van der Waals surface area (Å²) in [7, 11) is 0. The van der Waals surface area contributed by atoms with E-state index in [1.807, 2.05) is 18.7 Å². The van der Waals surface area contributed by atoms with Crippen LogP contribution in [0, 0.1) is 6.92 Å². The lowest BCUT2D eigenvalue weighted by Crippen LogP contribution is -2.49. The van der Waals surface area contributed by atoms with Crippen LogP contribution in [-0.2, 0) is 9.53 Å². The number of hydrogen-bond acceptors (Lipinski definition) is 5. The third kappa shape index (κ3) is 2.98. The average Bonchev–Trinajstić information content (AvgIpc) is 2.88. The van der Waals surface area contributed by atoms with Crippen molar-refractivity contribution in [3.8, 4) is 0 Å². The number of carbonyl (C=O) groups is 2. The summed E-state index contributed by atoms with van der Waals surface area (Å²) < 4.78 is 6.79. The van der Waals surface area contributed by atoms with Gasteiger partial charge in [0.15, 0.2) is 12.3 Å². The van der Waals surface area contributed by atoms with Gasteiger partial charge in [-0.3, -0.25) is 4.79 Å². The number of nitrogens with zero attached hydrogens (tertiary/aromatic N) is 4. The maximum absolute atomic E-state index is 12.5. The molecular weight excluding hydrogens is 308 g/mol. The minimum absolute atomic E-state index is 0.148. The Morgan fingerprint density at radius 1 is 1.29 bits per heavy atom. The van der Waals surface area contributed by atoms with E-state index in [0.29, 0.717) is 16.9 Å². The molecule has 7 heteroatoms. The molecule has 3 heterocycles. The zero-order valence-electron chi connectivity index (χ0n) is 14.2. The van der Waals surface area contributed by atoms with Gasteiger partial charge in [0, 0.05) is 24.5 Å². The molecule has 0 radical (unpaired) electrons. The Kier molecular flexibility index (Phi) is 4.51. The smallest absolute Gasteiger partial charge is 0.344 e. The number of amides is 1. The molecule has 0 N–H and O–H groups in total. The number of ether oxygens (including phenoxy) is 1. The molecule has 0 aromatic carbocycles. The lowest BCUT2D eigenvalue weighted by atomic mass is 9.97. The van der Waals surface area contributed by atoms with Crippen LogP contribution < -0.4 is 0 Å². The maximum Gasteiger partial charge on any atom is 0.344 e. The lowest BCUT2D eigenvalue weighted by Gasteiger charge is -2.38. The molecule has 128 valence electrons. The van der Waals surface area contributed by atoms with Crippen molar-refractivity contribution in [1.82, 2.24) is 19.5 Å². The molecule has 1 aliphatic heterocycles. The van der Waals surface area contributed by atoms with Crippen molar-refractivity contribution >= 4 is 17.5 Å². The predicted octanol–water partition coefficient (Wildman–Crippen LogP) is 1.98. The molecule has 1 saturated heterocycles. The normalized spacial score (nSPS) is 21.0. The van der Waals surface area contributed by atoms with E-state index in [0.717, 1.165) is 19.3 Å². The number of carbonyl (C=O) groups excluding carboxylic acids is 2. The minimum Gasteiger partial charge on any atom is -0.452 e. The number of hydrogen-bond donors (Lipinski definition) is 0. The Bertz CT molecular complexity index is 760. The summed E-state index contributed by atoms with van der Waals surface area (Å²) in [6.45, 7) is 5.54. The van der Waals surface area contributed by atoms with E-state index < -0.39 is 5.97 Å². The molecule has 2 aromatic heterocycles. The van der Waals surface area contributed by atoms with Gasteiger partial charge in [-0.25, -0.2) is 14.3 Å². The van der Waals surface area contributed by atoms with Crippen molar-refractivity contribution in [2.75, 3.05) is 6.61 Å². The highest BCUT2D eigenvalue weighted by Crippen LogP contribution is 2.22. The van der Waals surface area contributed by atoms with E-state index in [-0.39, 0.29) is 24.6 Å². The van der Waals surface area contributed by atoms with Gasteiger partial charge in [-0.05, 0) is 46.1 Å². The van der Waals surface area contributed by atoms with Crippen molar-refractivity contribution in [2.24, 2.45) is 0 Å². The highest BCUT2D eigenvalue weighted by Gasteiger charge is 2.30. The maximum atomic E-state index is 12.5. The highest BCUT2D eigenvalue weighted by atomic mass is 16.5. The number of fused-ring (bicyclic) bond motifs is 1. The standard InChI is InChI=1S/C17H22N4O3/c1-11-6-4-7-12(2)21(11)14(22)10-24-17(23)15-13(3)19-20-9-5-8-18-16(15)20/h5,8-9,11-12H,4,6-7,10H2,1-3H3. The summed E-state index contributed by atoms with van der Waals surface area (Å²) in [5, 5.41) is 4.23. The lowest BCUT2D eigenvalue weighted by molar-refractivity contribution is -0.140. The summed E-state index contributed by atoms with van der Waals surface area (Å²) >= 11 is 0. The Morgan fingerprint density at radius 3 is 2.71 bits per heavy atom. The van der Waals surface area contributed by atoms with Gasteiger partial charge in [0.25, 0.3) is 5.91 Å². The van der Waals surface area contributed by atoms with Crippen molar-refractivity contribution < 1.29 is 14.3 Å². The number of aromatic nitrogens is 3. The van der Waals surface area contributed by atoms with Crippen LogP contribution in [0.15, 0.2) is 18.5 Å². The average molecular weight is 330 g/mol. The molecule has 0 bridgehead atoms. The highest BCUT2D eigenvalue weighted by molar-refractivity contribution is 5.98. The quantitative estimate of drug-likeness (QED) is 0.804. The first-order valence-electron chi connectivity index (χ1n) is 8.27. The van der Waals surface area contributed by atoms with Gasteiger partial charge in [0.05, 0.1) is 5.69 Å². The van der Waals surface area contributed by atoms with Crippen LogP contribution in [0.4, 0.5) is 0 Å². The predicted molar refractivity (Wildman–Crippen MR) is 87.6 cm³/mol. The Labute approximate surface area is 140 Å². The topological polar surface area (TPSA) is 76.8 Å². The molecule has 24 heavy (non-hydrogen) atoms. The van der Waals surface area contributed by atoms with Crippen LogP contribution in [0.5, 0.6) is 0 Å². The molecule has 1 fully saturated rings. The SMILES string of the molecule is Cc1nn2cccnc2c1C(=O)OCC(=O)N1C(C)CCCC1C. The van der Waals surface area contributed by atoms with Gasteiger partial charge in [-0.2, -0.15) is 5.10 Å². The second kappa shape index (κ2) is 6.59. The van der Waals surface area contributed by atoms with Crippen LogP contribution in [0.3, 0.4) is 0 Å². The zero-order chi connectivity index (χ0) is 17.3. The fourth-order valence-corrected chi connectivity index (χ4v) is 3.42. The molecule has 0 saturated carbocycles. The van der Waals surface area contributed by atoms with E-state index >= 15 is 0 Å². The van der Waals surface area contributed by atoms with E-state index in [4.69, 9.17) is 4.74 Å². The van der Waals surface area contributed by atoms with Crippen LogP contribution in [-0.4, -0.2) is 50.1 Å². The van der Waals surface area contributed by atoms with E-state index in [1.165, 1.54) is 4.52 Å². The summed E-state index contributed by atoms with van der Waals surface area (Å²) in [5.41, 5.74) is 1.28. The first-order chi connectivity index (χ1) is 11.5. The number of piperidine rings is 1. The first-order valence-corrected chi connectivity index (χ1v) is 8.27. The molecule has 1 aliphatic rings. The first kappa shape index (κ1) is 16.4. The van der Waals surface area contributed by atoms with Gasteiger partial charge in [-0.1, -0.05) is 0 Å². The van der Waals surface area contributed by atoms with Gasteiger partial charge < -0.3 is 9.64 Å². The molecule has 2 unspecified atom stereocenters. The van der Waals surface area contributed by atoms with Crippen LogP contribution >= 0.6 is 0 Å². The van der Waals surface area contributed by atoms with E-state index in [9.17, 15) is 9.59 Å². The third-order valence-electron chi connectivity index (χ3n) is 4.58. The monoisotopic (exact) mass is 330 g/mol. The second-order valence-corrected chi connectivity index (χ2v) is 6.35. The van der Waals surface area contributed by atoms with Crippen molar-refractivity contribution in [3.05, 3.63) is 29.7 Å². The van der Waals surface area contributed by atoms with Gasteiger partial charge >= 0.3 is 5.97 Å². The molecule has 1 amide bonds. The molecule has 2 aromatic rings. The van der Waals surface area contributed by atoms with E-state index in [2.05, 4.69) is 10.1 Å². The summed E-state index contributed by atoms with van der Waals surface area (Å²) in [6.07, 6.45) is 6.41. The molecular formula is C17H22N4O3. The Hall–Kier alpha value is -2.44. The molecule has 7 nitrogen and oxygen atoms in total. The van der Waals surface area contributed by atoms with Crippen LogP contribution in [0.25, 0.3) is 5.65 Å². The van der Waals surface area contributed by atoms with Crippen molar-refractivity contribution in [3.63, 3.8) is 0 Å². The number of esters is 1. The second-order valence-electron chi connectivity index (χ2n) is 6.35. The van der Waals surface area contributed by atoms with Crippen molar-refractivity contribution in [2.45, 2.75) is 52.1 Å².